The molecule has 1 aromatic carbocycles. The summed E-state index contributed by atoms with van der Waals surface area (Å²) in [6.07, 6.45) is 3.84. The third-order valence-corrected chi connectivity index (χ3v) is 4.90. The molecule has 0 unspecified atom stereocenters. The summed E-state index contributed by atoms with van der Waals surface area (Å²) in [4.78, 5) is 15.9. The predicted octanol–water partition coefficient (Wildman–Crippen LogP) is 4.53. The Kier molecular flexibility index (Phi) is 6.93. The number of amides is 1. The van der Waals surface area contributed by atoms with E-state index in [1.54, 1.807) is 0 Å². The van der Waals surface area contributed by atoms with E-state index in [2.05, 4.69) is 80.2 Å². The maximum absolute atomic E-state index is 11.3. The highest BCUT2D eigenvalue weighted by Gasteiger charge is 2.28. The third kappa shape index (κ3) is 6.20. The Morgan fingerprint density at radius 3 is 2.58 bits per heavy atom. The van der Waals surface area contributed by atoms with Crippen molar-refractivity contribution in [2.24, 2.45) is 10.8 Å². The average Bonchev–Trinajstić information content (AvgIpc) is 2.58. The molecule has 26 heavy (non-hydrogen) atoms. The summed E-state index contributed by atoms with van der Waals surface area (Å²) in [5, 5.41) is 7.65. The van der Waals surface area contributed by atoms with Crippen molar-refractivity contribution in [3.8, 4) is 0 Å². The van der Waals surface area contributed by atoms with Crippen LogP contribution in [0.1, 0.15) is 40.5 Å². The van der Waals surface area contributed by atoms with Crippen molar-refractivity contribution in [3.63, 3.8) is 0 Å². The Balaban J connectivity index is 1.94. The number of para-hydroxylation sites is 1. The van der Waals surface area contributed by atoms with Gasteiger partial charge in [-0.3, -0.25) is 9.78 Å². The highest BCUT2D eigenvalue weighted by atomic mass is 32.1. The van der Waals surface area contributed by atoms with Crippen LogP contribution in [0.25, 0.3) is 10.9 Å². The number of thiol groups is 1. The van der Waals surface area contributed by atoms with Crippen molar-refractivity contribution in [1.82, 2.24) is 10.3 Å². The minimum Gasteiger partial charge on any atom is -0.383 e. The molecule has 0 saturated carbocycles. The first kappa shape index (κ1) is 20.6. The smallest absolute Gasteiger partial charge is 0.229 e. The van der Waals surface area contributed by atoms with Crippen LogP contribution < -0.4 is 10.6 Å². The number of fused-ring (bicyclic) bond motifs is 1. The Morgan fingerprint density at radius 1 is 1.12 bits per heavy atom. The molecule has 1 heterocycles. The molecule has 0 aliphatic rings. The first-order valence-electron chi connectivity index (χ1n) is 9.18. The van der Waals surface area contributed by atoms with E-state index in [1.807, 2.05) is 12.3 Å². The molecule has 0 saturated heterocycles. The molecule has 0 radical (unpaired) electrons. The van der Waals surface area contributed by atoms with Gasteiger partial charge in [-0.2, -0.15) is 12.6 Å². The molecule has 0 atom stereocenters. The van der Waals surface area contributed by atoms with Crippen molar-refractivity contribution in [2.45, 2.75) is 40.5 Å². The molecule has 0 aliphatic heterocycles. The number of nitrogens with zero attached hydrogens (tertiary/aromatic N) is 1. The molecule has 2 N–H and O–H groups in total. The Hall–Kier alpha value is -1.75. The number of hydrogen-bond donors (Lipinski definition) is 3. The van der Waals surface area contributed by atoms with Crippen LogP contribution in [0.15, 0.2) is 36.5 Å². The summed E-state index contributed by atoms with van der Waals surface area (Å²) in [7, 11) is 0. The van der Waals surface area contributed by atoms with Gasteiger partial charge in [0.1, 0.15) is 0 Å². The number of nitrogens with one attached hydrogen (secondary N) is 2. The lowest BCUT2D eigenvalue weighted by Gasteiger charge is -2.35. The summed E-state index contributed by atoms with van der Waals surface area (Å²) in [5.74, 6) is 0.239. The van der Waals surface area contributed by atoms with Crippen LogP contribution in [-0.2, 0) is 4.79 Å². The van der Waals surface area contributed by atoms with E-state index >= 15 is 0 Å². The van der Waals surface area contributed by atoms with E-state index in [1.165, 1.54) is 0 Å². The van der Waals surface area contributed by atoms with Crippen LogP contribution in [0.3, 0.4) is 0 Å². The molecule has 0 bridgehead atoms. The quantitative estimate of drug-likeness (QED) is 0.566. The van der Waals surface area contributed by atoms with Crippen molar-refractivity contribution < 1.29 is 4.79 Å². The summed E-state index contributed by atoms with van der Waals surface area (Å²) < 4.78 is 0. The number of pyridine rings is 1. The highest BCUT2D eigenvalue weighted by molar-refractivity contribution is 7.81. The fraction of sp³-hybridized carbons (Fsp3) is 0.524. The number of anilines is 1. The summed E-state index contributed by atoms with van der Waals surface area (Å²) >= 11 is 3.99. The number of benzene rings is 1. The van der Waals surface area contributed by atoms with Crippen LogP contribution in [0.4, 0.5) is 5.69 Å². The van der Waals surface area contributed by atoms with Crippen LogP contribution in [-0.4, -0.2) is 29.7 Å². The van der Waals surface area contributed by atoms with Crippen LogP contribution in [0.5, 0.6) is 0 Å². The van der Waals surface area contributed by atoms with E-state index in [-0.39, 0.29) is 22.5 Å². The molecule has 1 aromatic heterocycles. The van der Waals surface area contributed by atoms with Gasteiger partial charge in [0.2, 0.25) is 5.91 Å². The molecule has 0 aliphatic carbocycles. The normalized spacial score (nSPS) is 12.2. The highest BCUT2D eigenvalue weighted by Crippen LogP contribution is 2.36. The van der Waals surface area contributed by atoms with E-state index in [0.29, 0.717) is 6.54 Å². The molecule has 5 heteroatoms. The van der Waals surface area contributed by atoms with E-state index in [4.69, 9.17) is 0 Å². The van der Waals surface area contributed by atoms with Gasteiger partial charge in [0.15, 0.2) is 0 Å². The summed E-state index contributed by atoms with van der Waals surface area (Å²) in [6, 6.07) is 10.3. The zero-order valence-electron chi connectivity index (χ0n) is 16.3. The summed E-state index contributed by atoms with van der Waals surface area (Å²) in [6.45, 7) is 10.7. The van der Waals surface area contributed by atoms with Gasteiger partial charge in [0.05, 0.1) is 17.0 Å². The first-order chi connectivity index (χ1) is 12.2. The second-order valence-electron chi connectivity index (χ2n) is 8.50. The van der Waals surface area contributed by atoms with Gasteiger partial charge in [0, 0.05) is 24.7 Å². The van der Waals surface area contributed by atoms with Crippen LogP contribution >= 0.6 is 12.6 Å². The number of carbonyl (C=O) groups is 1. The number of carbonyl (C=O) groups excluding carboxylic acids is 1. The lowest BCUT2D eigenvalue weighted by atomic mass is 9.73. The van der Waals surface area contributed by atoms with Crippen molar-refractivity contribution in [1.29, 1.82) is 0 Å². The molecule has 0 fully saturated rings. The van der Waals surface area contributed by atoms with Gasteiger partial charge in [-0.25, -0.2) is 0 Å². The van der Waals surface area contributed by atoms with Gasteiger partial charge >= 0.3 is 0 Å². The fourth-order valence-corrected chi connectivity index (χ4v) is 3.74. The predicted molar refractivity (Wildman–Crippen MR) is 114 cm³/mol. The molecule has 0 spiro atoms. The maximum Gasteiger partial charge on any atom is 0.229 e. The van der Waals surface area contributed by atoms with Crippen LogP contribution in [0.2, 0.25) is 0 Å². The van der Waals surface area contributed by atoms with Gasteiger partial charge in [0.25, 0.3) is 0 Å². The minimum atomic E-state index is -0.00600. The van der Waals surface area contributed by atoms with Crippen molar-refractivity contribution in [3.05, 3.63) is 36.5 Å². The van der Waals surface area contributed by atoms with Gasteiger partial charge in [-0.15, -0.1) is 0 Å². The minimum absolute atomic E-state index is 0.00600. The first-order valence-corrected chi connectivity index (χ1v) is 9.81. The van der Waals surface area contributed by atoms with Gasteiger partial charge < -0.3 is 10.6 Å². The SMILES string of the molecule is CC(C)(CCNC(=O)CS)CC(C)(C)CNc1cccc2cccnc12. The van der Waals surface area contributed by atoms with Crippen LogP contribution in [0, 0.1) is 10.8 Å². The largest absolute Gasteiger partial charge is 0.383 e. The molecule has 2 aromatic rings. The zero-order chi connectivity index (χ0) is 19.2. The van der Waals surface area contributed by atoms with Gasteiger partial charge in [-0.05, 0) is 35.8 Å². The second kappa shape index (κ2) is 8.76. The Labute approximate surface area is 162 Å². The Bertz CT molecular complexity index is 738. The van der Waals surface area contributed by atoms with E-state index in [0.717, 1.165) is 36.0 Å². The topological polar surface area (TPSA) is 54.0 Å². The fourth-order valence-electron chi connectivity index (χ4n) is 3.62. The average molecular weight is 374 g/mol. The molecule has 4 nitrogen and oxygen atoms in total. The van der Waals surface area contributed by atoms with E-state index < -0.39 is 0 Å². The maximum atomic E-state index is 11.3. The molecule has 2 rings (SSSR count). The monoisotopic (exact) mass is 373 g/mol. The molecule has 142 valence electrons. The van der Waals surface area contributed by atoms with Crippen molar-refractivity contribution >= 4 is 35.1 Å². The molecule has 1 amide bonds. The summed E-state index contributed by atoms with van der Waals surface area (Å²) in [5.41, 5.74) is 2.36. The van der Waals surface area contributed by atoms with Crippen molar-refractivity contribution in [2.75, 3.05) is 24.2 Å². The lowest BCUT2D eigenvalue weighted by Crippen LogP contribution is -2.33. The van der Waals surface area contributed by atoms with E-state index in [9.17, 15) is 4.79 Å². The third-order valence-electron chi connectivity index (χ3n) is 4.61. The number of rotatable bonds is 9. The lowest BCUT2D eigenvalue weighted by molar-refractivity contribution is -0.118. The Morgan fingerprint density at radius 2 is 1.85 bits per heavy atom. The number of aromatic nitrogens is 1. The second-order valence-corrected chi connectivity index (χ2v) is 8.81. The molecular weight excluding hydrogens is 342 g/mol. The molecular formula is C21H31N3OS. The number of hydrogen-bond acceptors (Lipinski definition) is 4. The standard InChI is InChI=1S/C21H31N3OS/c1-20(2,10-12-22-18(25)13-26)14-21(3,4)15-24-17-9-5-7-16-8-6-11-23-19(16)17/h5-9,11,24,26H,10,12-15H2,1-4H3,(H,22,25). The van der Waals surface area contributed by atoms with Gasteiger partial charge in [-0.1, -0.05) is 45.9 Å². The zero-order valence-corrected chi connectivity index (χ0v) is 17.2.